The summed E-state index contributed by atoms with van der Waals surface area (Å²) in [4.78, 5) is -0.918. The summed E-state index contributed by atoms with van der Waals surface area (Å²) in [6.07, 6.45) is 3.46. The number of benzene rings is 2. The van der Waals surface area contributed by atoms with Crippen molar-refractivity contribution in [3.63, 3.8) is 0 Å². The molecule has 0 fully saturated rings. The molecule has 0 heterocycles. The van der Waals surface area contributed by atoms with E-state index in [0.717, 1.165) is 25.3 Å². The van der Waals surface area contributed by atoms with Gasteiger partial charge in [-0.1, -0.05) is 19.8 Å². The molecule has 0 aromatic heterocycles. The minimum absolute atomic E-state index is 0.483. The minimum Gasteiger partial charge on any atom is -0.506 e. The molecule has 0 aliphatic rings. The van der Waals surface area contributed by atoms with E-state index in [-0.39, 0.29) is 0 Å². The lowest BCUT2D eigenvalue weighted by Crippen LogP contribution is -2.15. The van der Waals surface area contributed by atoms with Crippen LogP contribution in [0.3, 0.4) is 0 Å². The number of hydrogen-bond donors (Lipinski definition) is 3. The van der Waals surface area contributed by atoms with Crippen molar-refractivity contribution < 1.29 is 27.4 Å². The van der Waals surface area contributed by atoms with Crippen molar-refractivity contribution in [1.82, 2.24) is 0 Å². The first kappa shape index (κ1) is 19.0. The Morgan fingerprint density at radius 3 is 2.28 bits per heavy atom. The van der Waals surface area contributed by atoms with Crippen LogP contribution in [0.4, 0.5) is 14.5 Å². The van der Waals surface area contributed by atoms with Crippen molar-refractivity contribution in [2.24, 2.45) is 0 Å². The Morgan fingerprint density at radius 2 is 1.68 bits per heavy atom. The zero-order chi connectivity index (χ0) is 18.6. The molecule has 5 nitrogen and oxygen atoms in total. The van der Waals surface area contributed by atoms with Gasteiger partial charge in [-0.25, -0.2) is 17.2 Å². The van der Waals surface area contributed by atoms with Crippen LogP contribution in [-0.4, -0.2) is 18.6 Å². The van der Waals surface area contributed by atoms with Crippen LogP contribution in [0.5, 0.6) is 11.5 Å². The number of hydrogen-bond acceptors (Lipinski definition) is 4. The summed E-state index contributed by atoms with van der Waals surface area (Å²) in [6, 6.07) is 4.64. The first-order valence-corrected chi connectivity index (χ1v) is 9.25. The zero-order valence-electron chi connectivity index (χ0n) is 13.6. The maximum atomic E-state index is 13.7. The van der Waals surface area contributed by atoms with E-state index in [1.54, 1.807) is 0 Å². The van der Waals surface area contributed by atoms with Crippen LogP contribution in [0, 0.1) is 11.6 Å². The fourth-order valence-electron chi connectivity index (χ4n) is 2.37. The molecular weight excluding hydrogens is 352 g/mol. The quantitative estimate of drug-likeness (QED) is 0.509. The van der Waals surface area contributed by atoms with Gasteiger partial charge in [0.1, 0.15) is 33.7 Å². The van der Waals surface area contributed by atoms with E-state index in [9.17, 15) is 27.4 Å². The van der Waals surface area contributed by atoms with Crippen LogP contribution in [-0.2, 0) is 16.4 Å². The maximum Gasteiger partial charge on any atom is 0.265 e. The van der Waals surface area contributed by atoms with Gasteiger partial charge in [0.15, 0.2) is 0 Å². The topological polar surface area (TPSA) is 86.6 Å². The number of anilines is 1. The molecule has 2 aromatic rings. The van der Waals surface area contributed by atoms with Gasteiger partial charge in [0.25, 0.3) is 10.0 Å². The van der Waals surface area contributed by atoms with Crippen molar-refractivity contribution in [2.75, 3.05) is 4.72 Å². The third-order valence-corrected chi connectivity index (χ3v) is 5.01. The number of unbranched alkanes of at least 4 members (excludes halogenated alkanes) is 2. The zero-order valence-corrected chi connectivity index (χ0v) is 14.4. The Hall–Kier alpha value is -2.35. The van der Waals surface area contributed by atoms with Crippen LogP contribution < -0.4 is 4.72 Å². The van der Waals surface area contributed by atoms with Gasteiger partial charge in [-0.2, -0.15) is 0 Å². The predicted molar refractivity (Wildman–Crippen MR) is 90.2 cm³/mol. The number of halogens is 2. The Labute approximate surface area is 145 Å². The molecule has 25 heavy (non-hydrogen) atoms. The molecule has 2 aromatic carbocycles. The molecule has 8 heteroatoms. The molecule has 0 radical (unpaired) electrons. The number of sulfonamides is 1. The van der Waals surface area contributed by atoms with E-state index in [1.807, 2.05) is 11.6 Å². The van der Waals surface area contributed by atoms with Gasteiger partial charge in [0.2, 0.25) is 0 Å². The lowest BCUT2D eigenvalue weighted by molar-refractivity contribution is 0.453. The highest BCUT2D eigenvalue weighted by Crippen LogP contribution is 2.36. The van der Waals surface area contributed by atoms with Crippen LogP contribution in [0.1, 0.15) is 31.7 Å². The molecule has 3 N–H and O–H groups in total. The largest absolute Gasteiger partial charge is 0.506 e. The van der Waals surface area contributed by atoms with Gasteiger partial charge in [0, 0.05) is 0 Å². The summed E-state index contributed by atoms with van der Waals surface area (Å²) < 4.78 is 53.3. The van der Waals surface area contributed by atoms with E-state index in [2.05, 4.69) is 0 Å². The van der Waals surface area contributed by atoms with Gasteiger partial charge in [-0.15, -0.1) is 0 Å². The highest BCUT2D eigenvalue weighted by atomic mass is 32.2. The van der Waals surface area contributed by atoms with Gasteiger partial charge < -0.3 is 10.2 Å². The Balaban J connectivity index is 2.31. The molecule has 0 bridgehead atoms. The lowest BCUT2D eigenvalue weighted by atomic mass is 10.1. The van der Waals surface area contributed by atoms with Crippen LogP contribution in [0.2, 0.25) is 0 Å². The van der Waals surface area contributed by atoms with Crippen LogP contribution in [0.15, 0.2) is 35.2 Å². The second-order valence-corrected chi connectivity index (χ2v) is 7.30. The summed E-state index contributed by atoms with van der Waals surface area (Å²) in [6.45, 7) is 2.04. The fraction of sp³-hybridized carbons (Fsp3) is 0.294. The van der Waals surface area contributed by atoms with E-state index in [4.69, 9.17) is 0 Å². The SMILES string of the molecule is CCCCCc1cc(O)c(NS(=O)(=O)c2cc(F)ccc2F)c(O)c1. The standard InChI is InChI=1S/C17H19F2NO4S/c1-2-3-4-5-11-8-14(21)17(15(22)9-11)20-25(23,24)16-10-12(18)6-7-13(16)19/h6-10,20-22H,2-5H2,1H3. The van der Waals surface area contributed by atoms with E-state index >= 15 is 0 Å². The summed E-state index contributed by atoms with van der Waals surface area (Å²) in [5.74, 6) is -3.07. The molecule has 0 aliphatic carbocycles. The van der Waals surface area contributed by atoms with E-state index in [1.165, 1.54) is 12.1 Å². The Kier molecular flexibility index (Phi) is 5.84. The number of aromatic hydroxyl groups is 2. The highest BCUT2D eigenvalue weighted by Gasteiger charge is 2.23. The van der Waals surface area contributed by atoms with Crippen molar-refractivity contribution >= 4 is 15.7 Å². The summed E-state index contributed by atoms with van der Waals surface area (Å²) in [5, 5.41) is 20.0. The monoisotopic (exact) mass is 371 g/mol. The third-order valence-electron chi connectivity index (χ3n) is 3.64. The molecule has 0 atom stereocenters. The molecule has 0 saturated heterocycles. The summed E-state index contributed by atoms with van der Waals surface area (Å²) >= 11 is 0. The second kappa shape index (κ2) is 7.69. The number of phenols is 2. The molecule has 0 saturated carbocycles. The summed E-state index contributed by atoms with van der Waals surface area (Å²) in [5.41, 5.74) is 0.159. The van der Waals surface area contributed by atoms with Gasteiger partial charge in [-0.05, 0) is 48.7 Å². The number of nitrogens with one attached hydrogen (secondary N) is 1. The third kappa shape index (κ3) is 4.60. The lowest BCUT2D eigenvalue weighted by Gasteiger charge is -2.13. The first-order valence-electron chi connectivity index (χ1n) is 7.77. The Bertz CT molecular complexity index is 846. The van der Waals surface area contributed by atoms with E-state index < -0.39 is 43.7 Å². The van der Waals surface area contributed by atoms with Crippen molar-refractivity contribution in [3.8, 4) is 11.5 Å². The fourth-order valence-corrected chi connectivity index (χ4v) is 3.55. The second-order valence-electron chi connectivity index (χ2n) is 5.65. The smallest absolute Gasteiger partial charge is 0.265 e. The van der Waals surface area contributed by atoms with Gasteiger partial charge >= 0.3 is 0 Å². The molecule has 0 unspecified atom stereocenters. The summed E-state index contributed by atoms with van der Waals surface area (Å²) in [7, 11) is -4.53. The average molecular weight is 371 g/mol. The number of phenolic OH excluding ortho intramolecular Hbond substituents is 2. The normalized spacial score (nSPS) is 11.5. The number of aryl methyl sites for hydroxylation is 1. The minimum atomic E-state index is -4.53. The highest BCUT2D eigenvalue weighted by molar-refractivity contribution is 7.92. The average Bonchev–Trinajstić information content (AvgIpc) is 2.53. The molecule has 0 amide bonds. The molecule has 0 spiro atoms. The van der Waals surface area contributed by atoms with Crippen molar-refractivity contribution in [3.05, 3.63) is 47.5 Å². The van der Waals surface area contributed by atoms with Crippen molar-refractivity contribution in [2.45, 2.75) is 37.5 Å². The first-order chi connectivity index (χ1) is 11.7. The van der Waals surface area contributed by atoms with E-state index in [0.29, 0.717) is 24.1 Å². The van der Waals surface area contributed by atoms with Crippen LogP contribution >= 0.6 is 0 Å². The van der Waals surface area contributed by atoms with Crippen LogP contribution in [0.25, 0.3) is 0 Å². The van der Waals surface area contributed by atoms with Gasteiger partial charge in [0.05, 0.1) is 0 Å². The number of rotatable bonds is 7. The molecule has 2 rings (SSSR count). The van der Waals surface area contributed by atoms with Crippen molar-refractivity contribution in [1.29, 1.82) is 0 Å². The predicted octanol–water partition coefficient (Wildman–Crippen LogP) is 3.91. The molecular formula is C17H19F2NO4S. The Morgan fingerprint density at radius 1 is 1.04 bits per heavy atom. The van der Waals surface area contributed by atoms with Gasteiger partial charge in [-0.3, -0.25) is 4.72 Å². The maximum absolute atomic E-state index is 13.7. The molecule has 136 valence electrons. The molecule has 0 aliphatic heterocycles.